The summed E-state index contributed by atoms with van der Waals surface area (Å²) in [4.78, 5) is 33.9. The highest BCUT2D eigenvalue weighted by atomic mass is 16.6. The molecular formula is C15H19N3O6. The van der Waals surface area contributed by atoms with E-state index in [9.17, 15) is 24.8 Å². The predicted octanol–water partition coefficient (Wildman–Crippen LogP) is 0.499. The van der Waals surface area contributed by atoms with Crippen molar-refractivity contribution in [1.82, 2.24) is 5.32 Å². The largest absolute Gasteiger partial charge is 0.388 e. The summed E-state index contributed by atoms with van der Waals surface area (Å²) in [6, 6.07) is 3.91. The molecule has 0 bridgehead atoms. The van der Waals surface area contributed by atoms with Gasteiger partial charge in [-0.15, -0.1) is 0 Å². The molecule has 1 aromatic carbocycles. The minimum absolute atomic E-state index is 0.0398. The Morgan fingerprint density at radius 1 is 1.33 bits per heavy atom. The highest BCUT2D eigenvalue weighted by molar-refractivity contribution is 6.39. The van der Waals surface area contributed by atoms with Crippen molar-refractivity contribution in [3.63, 3.8) is 0 Å². The van der Waals surface area contributed by atoms with E-state index in [0.29, 0.717) is 37.3 Å². The van der Waals surface area contributed by atoms with E-state index in [2.05, 4.69) is 10.6 Å². The van der Waals surface area contributed by atoms with Gasteiger partial charge in [0.2, 0.25) is 0 Å². The summed E-state index contributed by atoms with van der Waals surface area (Å²) < 4.78 is 5.14. The van der Waals surface area contributed by atoms with Crippen LogP contribution in [0.25, 0.3) is 0 Å². The number of aliphatic hydroxyl groups is 1. The Labute approximate surface area is 138 Å². The van der Waals surface area contributed by atoms with E-state index in [0.717, 1.165) is 0 Å². The lowest BCUT2D eigenvalue weighted by molar-refractivity contribution is -0.384. The molecule has 1 heterocycles. The normalized spacial score (nSPS) is 16.2. The van der Waals surface area contributed by atoms with Crippen LogP contribution in [-0.4, -0.2) is 47.2 Å². The molecule has 24 heavy (non-hydrogen) atoms. The van der Waals surface area contributed by atoms with Gasteiger partial charge in [-0.1, -0.05) is 0 Å². The number of anilines is 1. The van der Waals surface area contributed by atoms with Gasteiger partial charge in [0.25, 0.3) is 5.69 Å². The Bertz CT molecular complexity index is 655. The van der Waals surface area contributed by atoms with Crippen LogP contribution in [0.1, 0.15) is 18.4 Å². The van der Waals surface area contributed by atoms with Crippen LogP contribution in [0.4, 0.5) is 11.4 Å². The van der Waals surface area contributed by atoms with Crippen molar-refractivity contribution in [2.24, 2.45) is 0 Å². The number of aryl methyl sites for hydroxylation is 1. The second kappa shape index (κ2) is 7.37. The van der Waals surface area contributed by atoms with Gasteiger partial charge in [-0.2, -0.15) is 0 Å². The number of amides is 2. The number of nitro benzene ring substituents is 1. The molecule has 0 unspecified atom stereocenters. The molecule has 1 fully saturated rings. The zero-order chi connectivity index (χ0) is 17.7. The first kappa shape index (κ1) is 17.8. The van der Waals surface area contributed by atoms with E-state index in [1.807, 2.05) is 0 Å². The van der Waals surface area contributed by atoms with Crippen molar-refractivity contribution < 1.29 is 24.4 Å². The number of nitrogens with one attached hydrogen (secondary N) is 2. The second-order valence-electron chi connectivity index (χ2n) is 5.73. The van der Waals surface area contributed by atoms with Crippen molar-refractivity contribution in [3.05, 3.63) is 33.9 Å². The van der Waals surface area contributed by atoms with Gasteiger partial charge >= 0.3 is 11.8 Å². The Balaban J connectivity index is 1.92. The molecule has 0 saturated carbocycles. The minimum atomic E-state index is -1.07. The Kier molecular flexibility index (Phi) is 5.47. The lowest BCUT2D eigenvalue weighted by Gasteiger charge is -2.31. The monoisotopic (exact) mass is 337 g/mol. The number of benzene rings is 1. The molecule has 0 atom stereocenters. The molecular weight excluding hydrogens is 318 g/mol. The van der Waals surface area contributed by atoms with E-state index in [1.54, 1.807) is 6.92 Å². The van der Waals surface area contributed by atoms with Crippen molar-refractivity contribution in [1.29, 1.82) is 0 Å². The molecule has 3 N–H and O–H groups in total. The van der Waals surface area contributed by atoms with E-state index < -0.39 is 22.3 Å². The minimum Gasteiger partial charge on any atom is -0.388 e. The molecule has 2 amide bonds. The van der Waals surface area contributed by atoms with Crippen molar-refractivity contribution in [2.75, 3.05) is 25.1 Å². The smallest absolute Gasteiger partial charge is 0.313 e. The molecule has 9 nitrogen and oxygen atoms in total. The average Bonchev–Trinajstić information content (AvgIpc) is 2.55. The first-order valence-electron chi connectivity index (χ1n) is 7.45. The number of nitrogens with zero attached hydrogens (tertiary/aromatic N) is 1. The first-order valence-corrected chi connectivity index (χ1v) is 7.45. The van der Waals surface area contributed by atoms with Crippen LogP contribution >= 0.6 is 0 Å². The molecule has 1 aliphatic rings. The summed E-state index contributed by atoms with van der Waals surface area (Å²) in [5.41, 5.74) is -0.395. The summed E-state index contributed by atoms with van der Waals surface area (Å²) in [6.45, 7) is 2.36. The van der Waals surface area contributed by atoms with E-state index in [-0.39, 0.29) is 12.2 Å². The maximum Gasteiger partial charge on any atom is 0.313 e. The Morgan fingerprint density at radius 3 is 2.58 bits per heavy atom. The zero-order valence-corrected chi connectivity index (χ0v) is 13.2. The van der Waals surface area contributed by atoms with Crippen LogP contribution in [0, 0.1) is 17.0 Å². The van der Waals surface area contributed by atoms with Gasteiger partial charge in [-0.05, 0) is 18.6 Å². The van der Waals surface area contributed by atoms with Gasteiger partial charge in [0, 0.05) is 50.4 Å². The third kappa shape index (κ3) is 4.49. The molecule has 0 spiro atoms. The maximum absolute atomic E-state index is 11.9. The average molecular weight is 337 g/mol. The number of hydrogen-bond acceptors (Lipinski definition) is 6. The number of nitro groups is 1. The fraction of sp³-hybridized carbons (Fsp3) is 0.467. The molecule has 1 aliphatic heterocycles. The van der Waals surface area contributed by atoms with Gasteiger partial charge in [0.1, 0.15) is 0 Å². The molecule has 130 valence electrons. The number of hydrogen-bond donors (Lipinski definition) is 3. The Hall–Kier alpha value is -2.52. The van der Waals surface area contributed by atoms with Crippen LogP contribution < -0.4 is 10.6 Å². The number of carbonyl (C=O) groups is 2. The maximum atomic E-state index is 11.9. The van der Waals surface area contributed by atoms with Crippen molar-refractivity contribution >= 4 is 23.2 Å². The highest BCUT2D eigenvalue weighted by Gasteiger charge is 2.31. The summed E-state index contributed by atoms with van der Waals surface area (Å²) in [5, 5.41) is 25.7. The summed E-state index contributed by atoms with van der Waals surface area (Å²) in [6.07, 6.45) is 0.771. The van der Waals surface area contributed by atoms with E-state index in [1.165, 1.54) is 18.2 Å². The molecule has 2 rings (SSSR count). The number of rotatable bonds is 4. The van der Waals surface area contributed by atoms with Crippen LogP contribution in [0.2, 0.25) is 0 Å². The molecule has 9 heteroatoms. The van der Waals surface area contributed by atoms with Crippen LogP contribution in [-0.2, 0) is 14.3 Å². The molecule has 0 aliphatic carbocycles. The quantitative estimate of drug-likeness (QED) is 0.416. The number of non-ortho nitro benzene ring substituents is 1. The van der Waals surface area contributed by atoms with Crippen molar-refractivity contribution in [2.45, 2.75) is 25.4 Å². The fourth-order valence-corrected chi connectivity index (χ4v) is 2.33. The topological polar surface area (TPSA) is 131 Å². The van der Waals surface area contributed by atoms with Gasteiger partial charge in [-0.25, -0.2) is 0 Å². The van der Waals surface area contributed by atoms with Gasteiger partial charge in [0.05, 0.1) is 10.5 Å². The second-order valence-corrected chi connectivity index (χ2v) is 5.73. The highest BCUT2D eigenvalue weighted by Crippen LogP contribution is 2.21. The third-order valence-corrected chi connectivity index (χ3v) is 3.88. The number of carbonyl (C=O) groups excluding carboxylic acids is 2. The lowest BCUT2D eigenvalue weighted by Crippen LogP contribution is -2.48. The number of ether oxygens (including phenoxy) is 1. The summed E-state index contributed by atoms with van der Waals surface area (Å²) >= 11 is 0. The molecule has 0 radical (unpaired) electrons. The SMILES string of the molecule is Cc1cc([N+](=O)[O-])ccc1NC(=O)C(=O)NCC1(O)CCOCC1. The van der Waals surface area contributed by atoms with Gasteiger partial charge in [0.15, 0.2) is 0 Å². The first-order chi connectivity index (χ1) is 11.3. The fourth-order valence-electron chi connectivity index (χ4n) is 2.33. The predicted molar refractivity (Wildman–Crippen MR) is 84.5 cm³/mol. The van der Waals surface area contributed by atoms with E-state index >= 15 is 0 Å². The van der Waals surface area contributed by atoms with Crippen LogP contribution in [0.15, 0.2) is 18.2 Å². The zero-order valence-electron chi connectivity index (χ0n) is 13.2. The third-order valence-electron chi connectivity index (χ3n) is 3.88. The van der Waals surface area contributed by atoms with Crippen molar-refractivity contribution in [3.8, 4) is 0 Å². The standard InChI is InChI=1S/C15H19N3O6/c1-10-8-11(18(22)23)2-3-12(10)17-14(20)13(19)16-9-15(21)4-6-24-7-5-15/h2-3,8,21H,4-7,9H2,1H3,(H,16,19)(H,17,20). The summed E-state index contributed by atoms with van der Waals surface area (Å²) in [5.74, 6) is -1.78. The lowest BCUT2D eigenvalue weighted by atomic mass is 9.94. The molecule has 1 saturated heterocycles. The van der Waals surface area contributed by atoms with Gasteiger partial charge in [-0.3, -0.25) is 19.7 Å². The van der Waals surface area contributed by atoms with Crippen LogP contribution in [0.5, 0.6) is 0 Å². The molecule has 0 aromatic heterocycles. The molecule has 1 aromatic rings. The van der Waals surface area contributed by atoms with E-state index in [4.69, 9.17) is 4.74 Å². The van der Waals surface area contributed by atoms with Crippen LogP contribution in [0.3, 0.4) is 0 Å². The van der Waals surface area contributed by atoms with Gasteiger partial charge < -0.3 is 20.5 Å². The summed E-state index contributed by atoms with van der Waals surface area (Å²) in [7, 11) is 0. The Morgan fingerprint density at radius 2 is 2.00 bits per heavy atom.